The maximum atomic E-state index is 11.5. The fraction of sp³-hybridized carbons (Fsp3) is 0.667. The Bertz CT molecular complexity index is 348. The number of carbonyl (C=O) groups excluding carboxylic acids is 1. The molecule has 0 saturated carbocycles. The van der Waals surface area contributed by atoms with Crippen LogP contribution in [0.25, 0.3) is 0 Å². The number of anilines is 1. The van der Waals surface area contributed by atoms with Gasteiger partial charge in [0.05, 0.1) is 0 Å². The molecule has 6 heteroatoms. The van der Waals surface area contributed by atoms with Gasteiger partial charge < -0.3 is 4.74 Å². The third kappa shape index (κ3) is 3.02. The molecule has 1 amide bonds. The molecule has 0 radical (unpaired) electrons. The number of ether oxygens (including phenoxy) is 1. The van der Waals surface area contributed by atoms with E-state index in [0.29, 0.717) is 18.4 Å². The predicted molar refractivity (Wildman–Crippen MR) is 55.5 cm³/mol. The average Bonchev–Trinajstić information content (AvgIpc) is 2.45. The molecule has 0 aliphatic carbocycles. The third-order valence-corrected chi connectivity index (χ3v) is 1.89. The lowest BCUT2D eigenvalue weighted by atomic mass is 10.4. The molecule has 0 fully saturated rings. The molecule has 1 heterocycles. The summed E-state index contributed by atoms with van der Waals surface area (Å²) >= 11 is 0. The van der Waals surface area contributed by atoms with E-state index in [-0.39, 0.29) is 5.91 Å². The number of aryl methyl sites for hydroxylation is 2. The van der Waals surface area contributed by atoms with Crippen LogP contribution in [0, 0.1) is 6.92 Å². The van der Waals surface area contributed by atoms with Gasteiger partial charge >= 0.3 is 0 Å². The van der Waals surface area contributed by atoms with Crippen LogP contribution in [0.15, 0.2) is 0 Å². The Morgan fingerprint density at radius 2 is 2.33 bits per heavy atom. The van der Waals surface area contributed by atoms with Crippen LogP contribution in [0.4, 0.5) is 5.95 Å². The molecule has 1 rings (SSSR count). The lowest BCUT2D eigenvalue weighted by molar-refractivity contribution is -0.126. The van der Waals surface area contributed by atoms with Crippen LogP contribution in [-0.4, -0.2) is 33.4 Å². The minimum atomic E-state index is -0.480. The summed E-state index contributed by atoms with van der Waals surface area (Å²) in [4.78, 5) is 15.6. The van der Waals surface area contributed by atoms with E-state index < -0.39 is 6.10 Å². The topological polar surface area (TPSA) is 69.0 Å². The van der Waals surface area contributed by atoms with Crippen molar-refractivity contribution in [1.29, 1.82) is 0 Å². The summed E-state index contributed by atoms with van der Waals surface area (Å²) in [5, 5.41) is 6.66. The highest BCUT2D eigenvalue weighted by Gasteiger charge is 2.15. The maximum Gasteiger partial charge on any atom is 0.255 e. The lowest BCUT2D eigenvalue weighted by Gasteiger charge is -2.10. The van der Waals surface area contributed by atoms with Crippen LogP contribution >= 0.6 is 0 Å². The van der Waals surface area contributed by atoms with E-state index in [1.165, 1.54) is 4.68 Å². The van der Waals surface area contributed by atoms with Crippen LogP contribution in [0.1, 0.15) is 19.7 Å². The van der Waals surface area contributed by atoms with Crippen molar-refractivity contribution in [3.05, 3.63) is 5.82 Å². The summed E-state index contributed by atoms with van der Waals surface area (Å²) in [6, 6.07) is 0. The van der Waals surface area contributed by atoms with E-state index in [1.54, 1.807) is 20.9 Å². The van der Waals surface area contributed by atoms with Gasteiger partial charge in [0.15, 0.2) is 0 Å². The molecule has 0 unspecified atom stereocenters. The normalized spacial score (nSPS) is 12.5. The first-order chi connectivity index (χ1) is 7.04. The molecule has 0 aromatic carbocycles. The van der Waals surface area contributed by atoms with Gasteiger partial charge in [0.2, 0.25) is 5.95 Å². The van der Waals surface area contributed by atoms with Gasteiger partial charge in [0.25, 0.3) is 5.91 Å². The Hall–Kier alpha value is -1.43. The van der Waals surface area contributed by atoms with E-state index in [9.17, 15) is 4.79 Å². The minimum absolute atomic E-state index is 0.215. The molecular formula is C9H16N4O2. The summed E-state index contributed by atoms with van der Waals surface area (Å²) in [7, 11) is 1.72. The maximum absolute atomic E-state index is 11.5. The van der Waals surface area contributed by atoms with Gasteiger partial charge in [-0.2, -0.15) is 10.1 Å². The van der Waals surface area contributed by atoms with E-state index in [4.69, 9.17) is 4.74 Å². The molecule has 1 N–H and O–H groups in total. The van der Waals surface area contributed by atoms with Crippen molar-refractivity contribution in [3.8, 4) is 0 Å². The van der Waals surface area contributed by atoms with E-state index in [2.05, 4.69) is 15.4 Å². The zero-order chi connectivity index (χ0) is 11.4. The first kappa shape index (κ1) is 11.6. The summed E-state index contributed by atoms with van der Waals surface area (Å²) in [6.45, 7) is 5.81. The fourth-order valence-corrected chi connectivity index (χ4v) is 1.16. The highest BCUT2D eigenvalue weighted by molar-refractivity contribution is 5.92. The van der Waals surface area contributed by atoms with Gasteiger partial charge in [0, 0.05) is 13.7 Å². The molecule has 0 saturated heterocycles. The monoisotopic (exact) mass is 212 g/mol. The molecule has 1 aromatic heterocycles. The van der Waals surface area contributed by atoms with Gasteiger partial charge in [-0.3, -0.25) is 10.1 Å². The Morgan fingerprint density at radius 1 is 1.67 bits per heavy atom. The second-order valence-electron chi connectivity index (χ2n) is 3.19. The third-order valence-electron chi connectivity index (χ3n) is 1.89. The van der Waals surface area contributed by atoms with Gasteiger partial charge in [-0.05, 0) is 20.8 Å². The van der Waals surface area contributed by atoms with Gasteiger partial charge in [-0.1, -0.05) is 0 Å². The number of aromatic nitrogens is 3. The molecular weight excluding hydrogens is 196 g/mol. The van der Waals surface area contributed by atoms with Crippen LogP contribution in [0.2, 0.25) is 0 Å². The molecule has 0 bridgehead atoms. The Kier molecular flexibility index (Phi) is 3.79. The summed E-state index contributed by atoms with van der Waals surface area (Å²) < 4.78 is 6.67. The average molecular weight is 212 g/mol. The van der Waals surface area contributed by atoms with E-state index >= 15 is 0 Å². The minimum Gasteiger partial charge on any atom is -0.369 e. The van der Waals surface area contributed by atoms with Crippen LogP contribution in [0.3, 0.4) is 0 Å². The van der Waals surface area contributed by atoms with Crippen molar-refractivity contribution < 1.29 is 9.53 Å². The Labute approximate surface area is 88.6 Å². The first-order valence-corrected chi connectivity index (χ1v) is 4.84. The second kappa shape index (κ2) is 4.88. The molecule has 0 spiro atoms. The number of nitrogens with one attached hydrogen (secondary N) is 1. The standard InChI is InChI=1S/C9H16N4O2/c1-5-15-6(2)8(14)11-9-10-7(3)12-13(9)4/h6H,5H2,1-4H3,(H,10,11,12,14)/t6-/m0/s1. The molecule has 15 heavy (non-hydrogen) atoms. The number of carbonyl (C=O) groups is 1. The van der Waals surface area contributed by atoms with Crippen LogP contribution in [0.5, 0.6) is 0 Å². The zero-order valence-electron chi connectivity index (χ0n) is 9.44. The quantitative estimate of drug-likeness (QED) is 0.788. The van der Waals surface area contributed by atoms with Crippen molar-refractivity contribution in [1.82, 2.24) is 14.8 Å². The highest BCUT2D eigenvalue weighted by Crippen LogP contribution is 2.03. The van der Waals surface area contributed by atoms with Gasteiger partial charge in [-0.25, -0.2) is 4.68 Å². The van der Waals surface area contributed by atoms with Gasteiger partial charge in [-0.15, -0.1) is 0 Å². The van der Waals surface area contributed by atoms with Crippen molar-refractivity contribution in [2.75, 3.05) is 11.9 Å². The number of amides is 1. The number of nitrogens with zero attached hydrogens (tertiary/aromatic N) is 3. The highest BCUT2D eigenvalue weighted by atomic mass is 16.5. The molecule has 6 nitrogen and oxygen atoms in total. The van der Waals surface area contributed by atoms with E-state index in [1.807, 2.05) is 6.92 Å². The number of hydrogen-bond donors (Lipinski definition) is 1. The van der Waals surface area contributed by atoms with Crippen molar-refractivity contribution in [2.45, 2.75) is 26.9 Å². The predicted octanol–water partition coefficient (Wildman–Crippen LogP) is 0.487. The SMILES string of the molecule is CCO[C@@H](C)C(=O)Nc1nc(C)nn1C. The van der Waals surface area contributed by atoms with Crippen molar-refractivity contribution in [2.24, 2.45) is 7.05 Å². The lowest BCUT2D eigenvalue weighted by Crippen LogP contribution is -2.28. The molecule has 1 atom stereocenters. The van der Waals surface area contributed by atoms with Gasteiger partial charge in [0.1, 0.15) is 11.9 Å². The number of rotatable bonds is 4. The van der Waals surface area contributed by atoms with Crippen LogP contribution in [-0.2, 0) is 16.6 Å². The first-order valence-electron chi connectivity index (χ1n) is 4.84. The molecule has 1 aromatic rings. The van der Waals surface area contributed by atoms with Crippen LogP contribution < -0.4 is 5.32 Å². The summed E-state index contributed by atoms with van der Waals surface area (Å²) in [5.41, 5.74) is 0. The summed E-state index contributed by atoms with van der Waals surface area (Å²) in [6.07, 6.45) is -0.480. The Morgan fingerprint density at radius 3 is 2.80 bits per heavy atom. The zero-order valence-corrected chi connectivity index (χ0v) is 9.44. The second-order valence-corrected chi connectivity index (χ2v) is 3.19. The smallest absolute Gasteiger partial charge is 0.255 e. The fourth-order valence-electron chi connectivity index (χ4n) is 1.16. The largest absolute Gasteiger partial charge is 0.369 e. The molecule has 0 aliphatic heterocycles. The van der Waals surface area contributed by atoms with Crippen molar-refractivity contribution in [3.63, 3.8) is 0 Å². The Balaban J connectivity index is 2.62. The number of hydrogen-bond acceptors (Lipinski definition) is 4. The molecule has 84 valence electrons. The van der Waals surface area contributed by atoms with Crippen molar-refractivity contribution >= 4 is 11.9 Å². The molecule has 0 aliphatic rings. The summed E-state index contributed by atoms with van der Waals surface area (Å²) in [5.74, 6) is 0.841. The van der Waals surface area contributed by atoms with E-state index in [0.717, 1.165) is 0 Å².